The average molecular weight is 364 g/mol. The van der Waals surface area contributed by atoms with Crippen molar-refractivity contribution >= 4 is 38.9 Å². The molecule has 0 bridgehead atoms. The van der Waals surface area contributed by atoms with Crippen molar-refractivity contribution in [2.75, 3.05) is 0 Å². The molecule has 0 amide bonds. The Hall–Kier alpha value is -1.66. The van der Waals surface area contributed by atoms with Gasteiger partial charge in [-0.25, -0.2) is 0 Å². The number of nitrogens with zero attached hydrogens (tertiary/aromatic N) is 2. The average Bonchev–Trinajstić information content (AvgIpc) is 2.85. The van der Waals surface area contributed by atoms with E-state index in [0.29, 0.717) is 11.4 Å². The van der Waals surface area contributed by atoms with E-state index < -0.39 is 0 Å². The molecule has 0 fully saturated rings. The lowest BCUT2D eigenvalue weighted by Crippen LogP contribution is -2.06. The summed E-state index contributed by atoms with van der Waals surface area (Å²) in [6, 6.07) is 12.2. The van der Waals surface area contributed by atoms with E-state index in [9.17, 15) is 0 Å². The number of fused-ring (bicyclic) bond motifs is 1. The lowest BCUT2D eigenvalue weighted by molar-refractivity contribution is 0.289. The number of hydrogen-bond donors (Lipinski definition) is 1. The summed E-state index contributed by atoms with van der Waals surface area (Å²) in [5.74, 6) is 1.62. The molecule has 1 aromatic heterocycles. The number of aromatic amines is 1. The fraction of sp³-hybridized carbons (Fsp3) is 0.200. The van der Waals surface area contributed by atoms with E-state index in [1.165, 1.54) is 5.39 Å². The Kier molecular flexibility index (Phi) is 4.07. The van der Waals surface area contributed by atoms with E-state index in [1.807, 2.05) is 35.8 Å². The van der Waals surface area contributed by atoms with E-state index in [0.717, 1.165) is 28.0 Å². The summed E-state index contributed by atoms with van der Waals surface area (Å²) in [4.78, 5) is 0. The van der Waals surface area contributed by atoms with E-state index in [2.05, 4.69) is 38.3 Å². The molecule has 0 unspecified atom stereocenters. The van der Waals surface area contributed by atoms with Gasteiger partial charge >= 0.3 is 0 Å². The molecule has 1 N–H and O–H groups in total. The van der Waals surface area contributed by atoms with Gasteiger partial charge in [0.25, 0.3) is 0 Å². The first-order valence-corrected chi connectivity index (χ1v) is 7.83. The van der Waals surface area contributed by atoms with Crippen molar-refractivity contribution < 1.29 is 4.74 Å². The molecule has 6 heteroatoms. The van der Waals surface area contributed by atoms with Crippen molar-refractivity contribution in [2.24, 2.45) is 0 Å². The van der Waals surface area contributed by atoms with Crippen LogP contribution in [-0.4, -0.2) is 14.8 Å². The Morgan fingerprint density at radius 3 is 2.81 bits per heavy atom. The molecular formula is C15H14BrN3OS. The summed E-state index contributed by atoms with van der Waals surface area (Å²) in [7, 11) is 0. The molecule has 0 saturated carbocycles. The minimum absolute atomic E-state index is 0.392. The zero-order chi connectivity index (χ0) is 14.8. The van der Waals surface area contributed by atoms with Crippen LogP contribution in [0, 0.1) is 4.77 Å². The van der Waals surface area contributed by atoms with Crippen molar-refractivity contribution in [1.29, 1.82) is 0 Å². The molecule has 0 atom stereocenters. The maximum Gasteiger partial charge on any atom is 0.195 e. The van der Waals surface area contributed by atoms with Crippen LogP contribution < -0.4 is 4.74 Å². The van der Waals surface area contributed by atoms with Gasteiger partial charge in [0.05, 0.1) is 0 Å². The molecule has 108 valence electrons. The molecule has 1 heterocycles. The largest absolute Gasteiger partial charge is 0.486 e. The fourth-order valence-electron chi connectivity index (χ4n) is 2.22. The number of hydrogen-bond acceptors (Lipinski definition) is 3. The van der Waals surface area contributed by atoms with E-state index in [4.69, 9.17) is 17.0 Å². The van der Waals surface area contributed by atoms with Crippen LogP contribution in [0.1, 0.15) is 12.7 Å². The lowest BCUT2D eigenvalue weighted by Gasteiger charge is -2.08. The molecule has 0 saturated heterocycles. The van der Waals surface area contributed by atoms with Crippen LogP contribution in [0.3, 0.4) is 0 Å². The van der Waals surface area contributed by atoms with E-state index in [1.54, 1.807) is 0 Å². The summed E-state index contributed by atoms with van der Waals surface area (Å²) in [5, 5.41) is 9.30. The summed E-state index contributed by atoms with van der Waals surface area (Å²) in [6.45, 7) is 3.20. The van der Waals surface area contributed by atoms with Crippen molar-refractivity contribution in [1.82, 2.24) is 14.8 Å². The molecule has 2 aromatic carbocycles. The molecular weight excluding hydrogens is 350 g/mol. The highest BCUT2D eigenvalue weighted by Gasteiger charge is 2.06. The number of benzene rings is 2. The van der Waals surface area contributed by atoms with Gasteiger partial charge in [-0.3, -0.25) is 5.10 Å². The Balaban J connectivity index is 1.82. The maximum absolute atomic E-state index is 5.82. The zero-order valence-corrected chi connectivity index (χ0v) is 13.9. The normalized spacial score (nSPS) is 11.0. The predicted octanol–water partition coefficient (Wildman–Crippen LogP) is 4.46. The first kappa shape index (κ1) is 14.3. The van der Waals surface area contributed by atoms with Gasteiger partial charge < -0.3 is 9.30 Å². The Morgan fingerprint density at radius 1 is 1.24 bits per heavy atom. The second-order valence-electron chi connectivity index (χ2n) is 4.63. The number of aromatic nitrogens is 3. The highest BCUT2D eigenvalue weighted by Crippen LogP contribution is 2.24. The van der Waals surface area contributed by atoms with Gasteiger partial charge in [0, 0.05) is 11.0 Å². The molecule has 0 aliphatic heterocycles. The summed E-state index contributed by atoms with van der Waals surface area (Å²) >= 11 is 8.64. The second kappa shape index (κ2) is 5.99. The molecule has 0 radical (unpaired) electrons. The van der Waals surface area contributed by atoms with Gasteiger partial charge in [-0.05, 0) is 54.2 Å². The van der Waals surface area contributed by atoms with E-state index in [-0.39, 0.29) is 0 Å². The van der Waals surface area contributed by atoms with E-state index >= 15 is 0 Å². The lowest BCUT2D eigenvalue weighted by atomic mass is 10.1. The third kappa shape index (κ3) is 3.01. The number of halogens is 1. The third-order valence-corrected chi connectivity index (χ3v) is 4.10. The summed E-state index contributed by atoms with van der Waals surface area (Å²) < 4.78 is 9.44. The van der Waals surface area contributed by atoms with Crippen LogP contribution in [0.2, 0.25) is 0 Å². The van der Waals surface area contributed by atoms with Crippen LogP contribution in [0.4, 0.5) is 0 Å². The van der Waals surface area contributed by atoms with Gasteiger partial charge in [0.2, 0.25) is 0 Å². The standard InChI is InChI=1S/C15H14BrN3OS/c1-2-19-14(17-18-15(19)21)9-20-13-6-4-10-7-12(16)5-3-11(10)8-13/h3-8H,2,9H2,1H3,(H,18,21). The van der Waals surface area contributed by atoms with Crippen molar-refractivity contribution in [2.45, 2.75) is 20.1 Å². The van der Waals surface area contributed by atoms with Gasteiger partial charge in [0.1, 0.15) is 12.4 Å². The first-order valence-electron chi connectivity index (χ1n) is 6.63. The molecule has 4 nitrogen and oxygen atoms in total. The van der Waals surface area contributed by atoms with Crippen LogP contribution in [0.15, 0.2) is 40.9 Å². The summed E-state index contributed by atoms with van der Waals surface area (Å²) in [6.07, 6.45) is 0. The predicted molar refractivity (Wildman–Crippen MR) is 89.1 cm³/mol. The minimum atomic E-state index is 0.392. The van der Waals surface area contributed by atoms with Crippen LogP contribution in [-0.2, 0) is 13.2 Å². The van der Waals surface area contributed by atoms with Gasteiger partial charge in [-0.2, -0.15) is 5.10 Å². The maximum atomic E-state index is 5.82. The monoisotopic (exact) mass is 363 g/mol. The molecule has 3 aromatic rings. The smallest absolute Gasteiger partial charge is 0.195 e. The number of H-pyrrole nitrogens is 1. The number of nitrogens with one attached hydrogen (secondary N) is 1. The first-order chi connectivity index (χ1) is 10.2. The van der Waals surface area contributed by atoms with Crippen LogP contribution in [0.5, 0.6) is 5.75 Å². The highest BCUT2D eigenvalue weighted by molar-refractivity contribution is 9.10. The third-order valence-electron chi connectivity index (χ3n) is 3.30. The Labute approximate surface area is 135 Å². The van der Waals surface area contributed by atoms with Gasteiger partial charge in [-0.1, -0.05) is 28.1 Å². The SMILES string of the molecule is CCn1c(COc2ccc3cc(Br)ccc3c2)n[nH]c1=S. The topological polar surface area (TPSA) is 42.8 Å². The highest BCUT2D eigenvalue weighted by atomic mass is 79.9. The van der Waals surface area contributed by atoms with Gasteiger partial charge in [0.15, 0.2) is 10.6 Å². The fourth-order valence-corrected chi connectivity index (χ4v) is 2.88. The molecule has 0 aliphatic rings. The summed E-state index contributed by atoms with van der Waals surface area (Å²) in [5.41, 5.74) is 0. The quantitative estimate of drug-likeness (QED) is 0.696. The molecule has 0 aliphatic carbocycles. The molecule has 3 rings (SSSR count). The van der Waals surface area contributed by atoms with Crippen LogP contribution in [0.25, 0.3) is 10.8 Å². The molecule has 21 heavy (non-hydrogen) atoms. The number of rotatable bonds is 4. The van der Waals surface area contributed by atoms with Gasteiger partial charge in [-0.15, -0.1) is 0 Å². The number of ether oxygens (including phenoxy) is 1. The molecule has 0 spiro atoms. The Bertz CT molecular complexity index is 840. The Morgan fingerprint density at radius 2 is 2.00 bits per heavy atom. The van der Waals surface area contributed by atoms with Crippen LogP contribution >= 0.6 is 28.1 Å². The zero-order valence-electron chi connectivity index (χ0n) is 11.5. The van der Waals surface area contributed by atoms with Crippen molar-refractivity contribution in [3.05, 3.63) is 51.5 Å². The minimum Gasteiger partial charge on any atom is -0.486 e. The van der Waals surface area contributed by atoms with Crippen molar-refractivity contribution in [3.8, 4) is 5.75 Å². The second-order valence-corrected chi connectivity index (χ2v) is 5.93. The van der Waals surface area contributed by atoms with Crippen molar-refractivity contribution in [3.63, 3.8) is 0 Å².